The van der Waals surface area contributed by atoms with Crippen LogP contribution >= 0.6 is 15.9 Å². The normalized spacial score (nSPS) is 30.6. The smallest absolute Gasteiger partial charge is 0.170 e. The third-order valence-electron chi connectivity index (χ3n) is 4.28. The summed E-state index contributed by atoms with van der Waals surface area (Å²) in [5.41, 5.74) is 2.43. The van der Waals surface area contributed by atoms with Gasteiger partial charge in [-0.05, 0) is 31.2 Å². The second-order valence-electron chi connectivity index (χ2n) is 5.10. The van der Waals surface area contributed by atoms with Crippen molar-refractivity contribution in [2.24, 2.45) is 10.6 Å². The molecule has 3 rings (SSSR count). The monoisotopic (exact) mass is 307 g/mol. The molecule has 1 fully saturated rings. The van der Waals surface area contributed by atoms with Gasteiger partial charge in [0.2, 0.25) is 0 Å². The van der Waals surface area contributed by atoms with Gasteiger partial charge in [-0.2, -0.15) is 0 Å². The zero-order chi connectivity index (χ0) is 12.8. The number of rotatable bonds is 0. The van der Waals surface area contributed by atoms with Crippen LogP contribution in [-0.2, 0) is 0 Å². The lowest BCUT2D eigenvalue weighted by Gasteiger charge is -2.35. The molecule has 1 atom stereocenters. The Hall–Kier alpha value is -1.16. The largest absolute Gasteiger partial charge is 0.411 e. The van der Waals surface area contributed by atoms with Gasteiger partial charge in [0.05, 0.1) is 16.0 Å². The van der Waals surface area contributed by atoms with E-state index in [0.717, 1.165) is 29.7 Å². The number of halogens is 1. The maximum absolute atomic E-state index is 12.6. The standard InChI is InChI=1S/C14H14BrNO2/c15-12-10-3-1-2-4-11(10)13(17)14(12)7-5-9(16-18)6-8-14/h1-4,12,18H,5-8H2. The van der Waals surface area contributed by atoms with Crippen molar-refractivity contribution in [2.75, 3.05) is 0 Å². The van der Waals surface area contributed by atoms with Crippen LogP contribution in [0.4, 0.5) is 0 Å². The number of oxime groups is 1. The van der Waals surface area contributed by atoms with Crippen molar-refractivity contribution in [3.05, 3.63) is 35.4 Å². The minimum Gasteiger partial charge on any atom is -0.411 e. The maximum Gasteiger partial charge on any atom is 0.170 e. The molecule has 1 spiro atoms. The van der Waals surface area contributed by atoms with Gasteiger partial charge in [0.25, 0.3) is 0 Å². The number of nitrogens with zero attached hydrogens (tertiary/aromatic N) is 1. The minimum atomic E-state index is -0.335. The summed E-state index contributed by atoms with van der Waals surface area (Å²) in [6.45, 7) is 0. The molecule has 1 N–H and O–H groups in total. The predicted octanol–water partition coefficient (Wildman–Crippen LogP) is 3.71. The Bertz CT molecular complexity index is 528. The van der Waals surface area contributed by atoms with E-state index in [0.29, 0.717) is 12.8 Å². The Morgan fingerprint density at radius 3 is 2.56 bits per heavy atom. The van der Waals surface area contributed by atoms with E-state index in [-0.39, 0.29) is 16.0 Å². The molecule has 18 heavy (non-hydrogen) atoms. The van der Waals surface area contributed by atoms with Crippen LogP contribution in [0.5, 0.6) is 0 Å². The molecule has 2 aliphatic rings. The molecule has 1 unspecified atom stereocenters. The number of alkyl halides is 1. The first kappa shape index (κ1) is 11.9. The summed E-state index contributed by atoms with van der Waals surface area (Å²) in [6, 6.07) is 7.83. The fourth-order valence-electron chi connectivity index (χ4n) is 3.17. The lowest BCUT2D eigenvalue weighted by molar-refractivity contribution is 0.0781. The van der Waals surface area contributed by atoms with Gasteiger partial charge in [-0.1, -0.05) is 45.4 Å². The third-order valence-corrected chi connectivity index (χ3v) is 5.65. The van der Waals surface area contributed by atoms with E-state index >= 15 is 0 Å². The molecule has 0 radical (unpaired) electrons. The molecule has 0 aromatic heterocycles. The van der Waals surface area contributed by atoms with Crippen molar-refractivity contribution in [3.8, 4) is 0 Å². The number of Topliss-reactive ketones (excluding diaryl/α,β-unsaturated/α-hetero) is 1. The second kappa shape index (κ2) is 4.19. The Morgan fingerprint density at radius 2 is 1.94 bits per heavy atom. The van der Waals surface area contributed by atoms with E-state index in [4.69, 9.17) is 5.21 Å². The van der Waals surface area contributed by atoms with E-state index < -0.39 is 0 Å². The van der Waals surface area contributed by atoms with Gasteiger partial charge in [0.15, 0.2) is 5.78 Å². The molecular formula is C14H14BrNO2. The van der Waals surface area contributed by atoms with Crippen molar-refractivity contribution >= 4 is 27.4 Å². The van der Waals surface area contributed by atoms with Crippen molar-refractivity contribution in [3.63, 3.8) is 0 Å². The lowest BCUT2D eigenvalue weighted by atomic mass is 9.70. The number of ketones is 1. The zero-order valence-corrected chi connectivity index (χ0v) is 11.5. The minimum absolute atomic E-state index is 0.0916. The highest BCUT2D eigenvalue weighted by atomic mass is 79.9. The highest BCUT2D eigenvalue weighted by Crippen LogP contribution is 2.57. The van der Waals surface area contributed by atoms with Crippen LogP contribution < -0.4 is 0 Å². The zero-order valence-electron chi connectivity index (χ0n) is 9.90. The molecule has 3 nitrogen and oxygen atoms in total. The molecule has 0 bridgehead atoms. The molecule has 94 valence electrons. The molecule has 0 amide bonds. The summed E-state index contributed by atoms with van der Waals surface area (Å²) in [5, 5.41) is 12.1. The summed E-state index contributed by atoms with van der Waals surface area (Å²) in [5.74, 6) is 0.247. The fourth-order valence-corrected chi connectivity index (χ4v) is 4.24. The maximum atomic E-state index is 12.6. The Labute approximate surface area is 114 Å². The van der Waals surface area contributed by atoms with Gasteiger partial charge in [0.1, 0.15) is 0 Å². The predicted molar refractivity (Wildman–Crippen MR) is 72.6 cm³/mol. The topological polar surface area (TPSA) is 49.7 Å². The number of carbonyl (C=O) groups is 1. The van der Waals surface area contributed by atoms with Gasteiger partial charge < -0.3 is 5.21 Å². The fraction of sp³-hybridized carbons (Fsp3) is 0.429. The molecule has 0 heterocycles. The molecule has 2 aliphatic carbocycles. The molecule has 0 aliphatic heterocycles. The van der Waals surface area contributed by atoms with Crippen molar-refractivity contribution in [2.45, 2.75) is 30.5 Å². The van der Waals surface area contributed by atoms with Crippen LogP contribution in [0, 0.1) is 5.41 Å². The summed E-state index contributed by atoms with van der Waals surface area (Å²) >= 11 is 3.71. The van der Waals surface area contributed by atoms with Gasteiger partial charge in [0, 0.05) is 5.56 Å². The summed E-state index contributed by atoms with van der Waals surface area (Å²) in [6.07, 6.45) is 2.93. The van der Waals surface area contributed by atoms with Crippen LogP contribution in [0.15, 0.2) is 29.4 Å². The summed E-state index contributed by atoms with van der Waals surface area (Å²) in [7, 11) is 0. The molecule has 0 saturated heterocycles. The molecule has 1 aromatic carbocycles. The number of carbonyl (C=O) groups excluding carboxylic acids is 1. The Balaban J connectivity index is 1.99. The van der Waals surface area contributed by atoms with Crippen LogP contribution in [0.1, 0.15) is 46.4 Å². The van der Waals surface area contributed by atoms with Gasteiger partial charge in [-0.15, -0.1) is 0 Å². The first-order valence-electron chi connectivity index (χ1n) is 6.16. The van der Waals surface area contributed by atoms with E-state index in [1.54, 1.807) is 0 Å². The van der Waals surface area contributed by atoms with Crippen molar-refractivity contribution < 1.29 is 10.0 Å². The Morgan fingerprint density at radius 1 is 1.28 bits per heavy atom. The quantitative estimate of drug-likeness (QED) is 0.451. The van der Waals surface area contributed by atoms with Crippen LogP contribution in [-0.4, -0.2) is 16.7 Å². The number of benzene rings is 1. The number of hydrogen-bond acceptors (Lipinski definition) is 3. The molecule has 1 saturated carbocycles. The van der Waals surface area contributed by atoms with Crippen molar-refractivity contribution in [1.82, 2.24) is 0 Å². The average molecular weight is 308 g/mol. The highest BCUT2D eigenvalue weighted by Gasteiger charge is 2.52. The van der Waals surface area contributed by atoms with Crippen LogP contribution in [0.2, 0.25) is 0 Å². The summed E-state index contributed by atoms with van der Waals surface area (Å²) < 4.78 is 0. The first-order valence-corrected chi connectivity index (χ1v) is 7.08. The SMILES string of the molecule is O=C1c2ccccc2C(Br)C12CCC(=NO)CC2. The van der Waals surface area contributed by atoms with Crippen LogP contribution in [0.3, 0.4) is 0 Å². The molecular weight excluding hydrogens is 294 g/mol. The molecule has 4 heteroatoms. The van der Waals surface area contributed by atoms with E-state index in [1.807, 2.05) is 24.3 Å². The van der Waals surface area contributed by atoms with E-state index in [2.05, 4.69) is 21.1 Å². The average Bonchev–Trinajstić information content (AvgIpc) is 2.64. The van der Waals surface area contributed by atoms with E-state index in [9.17, 15) is 4.79 Å². The Kier molecular flexibility index (Phi) is 2.77. The second-order valence-corrected chi connectivity index (χ2v) is 6.02. The van der Waals surface area contributed by atoms with Gasteiger partial charge >= 0.3 is 0 Å². The number of hydrogen-bond donors (Lipinski definition) is 1. The van der Waals surface area contributed by atoms with E-state index in [1.165, 1.54) is 0 Å². The van der Waals surface area contributed by atoms with Crippen molar-refractivity contribution in [1.29, 1.82) is 0 Å². The van der Waals surface area contributed by atoms with Gasteiger partial charge in [-0.25, -0.2) is 0 Å². The van der Waals surface area contributed by atoms with Gasteiger partial charge in [-0.3, -0.25) is 4.79 Å². The van der Waals surface area contributed by atoms with Crippen LogP contribution in [0.25, 0.3) is 0 Å². The first-order chi connectivity index (χ1) is 8.69. The third kappa shape index (κ3) is 1.48. The highest BCUT2D eigenvalue weighted by molar-refractivity contribution is 9.09. The lowest BCUT2D eigenvalue weighted by Crippen LogP contribution is -2.34. The molecule has 1 aromatic rings. The number of fused-ring (bicyclic) bond motifs is 1. The summed E-state index contributed by atoms with van der Waals surface area (Å²) in [4.78, 5) is 12.7.